The summed E-state index contributed by atoms with van der Waals surface area (Å²) in [4.78, 5) is 4.04. The van der Waals surface area contributed by atoms with Gasteiger partial charge in [0.15, 0.2) is 12.4 Å². The average Bonchev–Trinajstić information content (AvgIpc) is 2.64. The van der Waals surface area contributed by atoms with Gasteiger partial charge in [0.05, 0.1) is 0 Å². The third-order valence-electron chi connectivity index (χ3n) is 4.53. The normalized spacial score (nSPS) is 11.8. The van der Waals surface area contributed by atoms with Crippen molar-refractivity contribution < 1.29 is 26.7 Å². The molecule has 2 rings (SSSR count). The zero-order chi connectivity index (χ0) is 17.0. The summed E-state index contributed by atoms with van der Waals surface area (Å²) < 4.78 is 1.89. The number of unbranched alkanes of at least 4 members (excludes halogenated alkanes) is 7. The van der Waals surface area contributed by atoms with Gasteiger partial charge in [0, 0.05) is 30.9 Å². The number of rotatable bonds is 11. The van der Waals surface area contributed by atoms with E-state index >= 15 is 0 Å². The van der Waals surface area contributed by atoms with Crippen LogP contribution >= 0.6 is 0 Å². The van der Waals surface area contributed by atoms with Crippen LogP contribution < -0.4 is 21.5 Å². The molecule has 25 heavy (non-hydrogen) atoms. The first-order valence-corrected chi connectivity index (χ1v) is 9.40. The van der Waals surface area contributed by atoms with Crippen molar-refractivity contribution in [2.45, 2.75) is 70.9 Å². The number of aliphatic hydroxyl groups excluding tert-OH is 1. The van der Waals surface area contributed by atoms with Crippen molar-refractivity contribution in [2.75, 3.05) is 0 Å². The maximum Gasteiger partial charge on any atom is 0.259 e. The quantitative estimate of drug-likeness (QED) is 0.458. The van der Waals surface area contributed by atoms with Gasteiger partial charge in [-0.05, 0) is 29.7 Å². The first kappa shape index (κ1) is 21.8. The molecule has 2 heterocycles. The Morgan fingerprint density at radius 2 is 1.36 bits per heavy atom. The maximum atomic E-state index is 10.3. The van der Waals surface area contributed by atoms with Crippen molar-refractivity contribution in [1.29, 1.82) is 0 Å². The minimum absolute atomic E-state index is 0. The van der Waals surface area contributed by atoms with Crippen LogP contribution in [0.25, 0.3) is 11.1 Å². The summed E-state index contributed by atoms with van der Waals surface area (Å²) in [6.45, 7) is 2.25. The number of hydrogen-bond acceptors (Lipinski definition) is 2. The molecule has 1 N–H and O–H groups in total. The van der Waals surface area contributed by atoms with Crippen LogP contribution in [-0.2, 0) is 0 Å². The van der Waals surface area contributed by atoms with E-state index in [9.17, 15) is 5.11 Å². The molecule has 0 aliphatic carbocycles. The first-order chi connectivity index (χ1) is 11.8. The maximum absolute atomic E-state index is 10.3. The molecular weight excluding hydrogens is 376 g/mol. The Morgan fingerprint density at radius 1 is 0.840 bits per heavy atom. The molecular formula is C21H31BrN2O. The fraction of sp³-hybridized carbons (Fsp3) is 0.524. The van der Waals surface area contributed by atoms with Gasteiger partial charge in [0.1, 0.15) is 0 Å². The number of aromatic nitrogens is 2. The van der Waals surface area contributed by atoms with Crippen LogP contribution in [-0.4, -0.2) is 10.1 Å². The highest BCUT2D eigenvalue weighted by Gasteiger charge is 2.13. The van der Waals surface area contributed by atoms with Crippen molar-refractivity contribution in [3.05, 3.63) is 49.1 Å². The van der Waals surface area contributed by atoms with Gasteiger partial charge in [0.2, 0.25) is 0 Å². The molecule has 4 heteroatoms. The molecule has 0 radical (unpaired) electrons. The molecule has 0 bridgehead atoms. The van der Waals surface area contributed by atoms with Gasteiger partial charge in [-0.25, -0.2) is 0 Å². The average molecular weight is 407 g/mol. The highest BCUT2D eigenvalue weighted by atomic mass is 79.9. The molecule has 0 aliphatic rings. The number of pyridine rings is 2. The fourth-order valence-electron chi connectivity index (χ4n) is 2.98. The lowest BCUT2D eigenvalue weighted by molar-refractivity contribution is -0.760. The van der Waals surface area contributed by atoms with Crippen molar-refractivity contribution in [3.8, 4) is 11.1 Å². The molecule has 0 aromatic carbocycles. The standard InChI is InChI=1S/C21H31N2O.BrH/c1-2-3-4-5-6-7-8-9-10-21(24)23-17-13-20(14-18-23)19-11-15-22-16-12-19;/h11-18,21,24H,2-10H2,1H3;1H/q+1;/p-1. The molecule has 0 spiro atoms. The van der Waals surface area contributed by atoms with E-state index in [0.717, 1.165) is 24.0 Å². The van der Waals surface area contributed by atoms with Crippen LogP contribution in [0.3, 0.4) is 0 Å². The number of nitrogens with zero attached hydrogens (tertiary/aromatic N) is 2. The highest BCUT2D eigenvalue weighted by Crippen LogP contribution is 2.17. The summed E-state index contributed by atoms with van der Waals surface area (Å²) in [6.07, 6.45) is 18.3. The molecule has 1 unspecified atom stereocenters. The number of halogens is 1. The first-order valence-electron chi connectivity index (χ1n) is 9.40. The van der Waals surface area contributed by atoms with Crippen LogP contribution in [0.4, 0.5) is 0 Å². The fourth-order valence-corrected chi connectivity index (χ4v) is 2.98. The second-order valence-corrected chi connectivity index (χ2v) is 6.51. The summed E-state index contributed by atoms with van der Waals surface area (Å²) in [5.74, 6) is 0. The van der Waals surface area contributed by atoms with Crippen molar-refractivity contribution >= 4 is 0 Å². The molecule has 0 saturated carbocycles. The summed E-state index contributed by atoms with van der Waals surface area (Å²) in [5, 5.41) is 10.3. The minimum atomic E-state index is -0.420. The van der Waals surface area contributed by atoms with Crippen molar-refractivity contribution in [1.82, 2.24) is 4.98 Å². The van der Waals surface area contributed by atoms with Crippen LogP contribution in [0.2, 0.25) is 0 Å². The summed E-state index contributed by atoms with van der Waals surface area (Å²) in [5.41, 5.74) is 2.29. The van der Waals surface area contributed by atoms with E-state index in [-0.39, 0.29) is 17.0 Å². The SMILES string of the molecule is CCCCCCCCCCC(O)[n+]1ccc(-c2ccncc2)cc1.[Br-]. The Balaban J connectivity index is 0.00000312. The van der Waals surface area contributed by atoms with E-state index in [1.807, 2.05) is 41.2 Å². The van der Waals surface area contributed by atoms with Crippen LogP contribution in [0.15, 0.2) is 49.1 Å². The molecule has 1 atom stereocenters. The minimum Gasteiger partial charge on any atom is -1.00 e. The summed E-state index contributed by atoms with van der Waals surface area (Å²) >= 11 is 0. The van der Waals surface area contributed by atoms with Gasteiger partial charge in [-0.3, -0.25) is 4.98 Å². The largest absolute Gasteiger partial charge is 1.00 e. The molecule has 0 amide bonds. The van der Waals surface area contributed by atoms with Crippen molar-refractivity contribution in [2.24, 2.45) is 0 Å². The lowest BCUT2D eigenvalue weighted by Gasteiger charge is -2.07. The van der Waals surface area contributed by atoms with E-state index in [0.29, 0.717) is 0 Å². The predicted octanol–water partition coefficient (Wildman–Crippen LogP) is 2.06. The van der Waals surface area contributed by atoms with Crippen LogP contribution in [0.5, 0.6) is 0 Å². The van der Waals surface area contributed by atoms with Gasteiger partial charge in [-0.1, -0.05) is 51.9 Å². The Kier molecular flexibility index (Phi) is 11.3. The van der Waals surface area contributed by atoms with E-state index in [1.54, 1.807) is 12.4 Å². The van der Waals surface area contributed by atoms with Crippen LogP contribution in [0, 0.1) is 0 Å². The molecule has 0 saturated heterocycles. The number of hydrogen-bond donors (Lipinski definition) is 1. The zero-order valence-electron chi connectivity index (χ0n) is 15.3. The Morgan fingerprint density at radius 3 is 1.96 bits per heavy atom. The predicted molar refractivity (Wildman–Crippen MR) is 98.4 cm³/mol. The third kappa shape index (κ3) is 8.10. The van der Waals surface area contributed by atoms with Crippen molar-refractivity contribution in [3.63, 3.8) is 0 Å². The Hall–Kier alpha value is -1.26. The summed E-state index contributed by atoms with van der Waals surface area (Å²) in [7, 11) is 0. The van der Waals surface area contributed by atoms with Gasteiger partial charge >= 0.3 is 0 Å². The molecule has 0 aliphatic heterocycles. The second kappa shape index (κ2) is 13.0. The molecule has 0 fully saturated rings. The van der Waals surface area contributed by atoms with Gasteiger partial charge in [-0.15, -0.1) is 0 Å². The highest BCUT2D eigenvalue weighted by molar-refractivity contribution is 5.61. The summed E-state index contributed by atoms with van der Waals surface area (Å²) in [6, 6.07) is 8.09. The number of aliphatic hydroxyl groups is 1. The van der Waals surface area contributed by atoms with Gasteiger partial charge in [-0.2, -0.15) is 4.57 Å². The van der Waals surface area contributed by atoms with Gasteiger partial charge < -0.3 is 22.1 Å². The molecule has 3 nitrogen and oxygen atoms in total. The molecule has 2 aromatic heterocycles. The lowest BCUT2D eigenvalue weighted by atomic mass is 10.1. The molecule has 2 aromatic rings. The monoisotopic (exact) mass is 406 g/mol. The smallest absolute Gasteiger partial charge is 0.259 e. The van der Waals surface area contributed by atoms with Gasteiger partial charge in [0.25, 0.3) is 6.23 Å². The van der Waals surface area contributed by atoms with E-state index < -0.39 is 6.23 Å². The second-order valence-electron chi connectivity index (χ2n) is 6.51. The van der Waals surface area contributed by atoms with E-state index in [1.165, 1.54) is 44.9 Å². The topological polar surface area (TPSA) is 37.0 Å². The molecule has 138 valence electrons. The van der Waals surface area contributed by atoms with E-state index in [4.69, 9.17) is 0 Å². The lowest BCUT2D eigenvalue weighted by Crippen LogP contribution is -3.00. The third-order valence-corrected chi connectivity index (χ3v) is 4.53. The van der Waals surface area contributed by atoms with Crippen LogP contribution in [0.1, 0.15) is 70.9 Å². The zero-order valence-corrected chi connectivity index (χ0v) is 16.9. The Labute approximate surface area is 162 Å². The Bertz CT molecular complexity index is 560. The van der Waals surface area contributed by atoms with E-state index in [2.05, 4.69) is 11.9 Å².